The van der Waals surface area contributed by atoms with Crippen LogP contribution < -0.4 is 14.8 Å². The number of aromatic carboxylic acids is 1. The first-order valence-electron chi connectivity index (χ1n) is 16.9. The molecule has 50 heavy (non-hydrogen) atoms. The van der Waals surface area contributed by atoms with Crippen molar-refractivity contribution < 1.29 is 29.2 Å². The molecule has 1 aliphatic rings. The Morgan fingerprint density at radius 2 is 1.76 bits per heavy atom. The standard InChI is InChI=1S/C40H40N4O6/c1-43-35-26-48-23-5-4-21-44-38-31(32(39(44)40(46)47)14-8-24-49-36-15-6-10-27-9-2-3-11-30(27)36)12-7-13-33(38)37(35)34(42-43)25-50-29-18-16-28(17-19-29)41-20-22-45/h2-7,9-13,15-19,41,45H,8,14,20-26H2,1H3,(H,46,47)/b5-4-. The van der Waals surface area contributed by atoms with Crippen LogP contribution in [0.1, 0.15) is 33.9 Å². The number of carboxylic acid groups (broad SMARTS) is 1. The SMILES string of the molecule is Cn1nc(COc2ccc(NCCO)cc2)c2c1COC/C=C\Cn1c(C(=O)O)c(CCCOc3cccc4ccccc34)c3cccc-2c31. The van der Waals surface area contributed by atoms with Gasteiger partial charge in [0.25, 0.3) is 0 Å². The first-order chi connectivity index (χ1) is 24.5. The van der Waals surface area contributed by atoms with E-state index in [2.05, 4.69) is 23.5 Å². The molecule has 3 heterocycles. The Balaban J connectivity index is 1.24. The first kappa shape index (κ1) is 32.9. The summed E-state index contributed by atoms with van der Waals surface area (Å²) in [6.45, 7) is 2.26. The van der Waals surface area contributed by atoms with E-state index >= 15 is 0 Å². The van der Waals surface area contributed by atoms with E-state index in [1.165, 1.54) is 0 Å². The molecule has 3 N–H and O–H groups in total. The zero-order valence-corrected chi connectivity index (χ0v) is 28.0. The van der Waals surface area contributed by atoms with E-state index in [1.54, 1.807) is 0 Å². The molecule has 1 aliphatic heterocycles. The number of nitrogens with one attached hydrogen (secondary N) is 1. The molecule has 7 rings (SSSR count). The van der Waals surface area contributed by atoms with E-state index in [0.717, 1.165) is 61.2 Å². The van der Waals surface area contributed by atoms with Gasteiger partial charge >= 0.3 is 5.97 Å². The molecule has 0 bridgehead atoms. The Morgan fingerprint density at radius 3 is 2.60 bits per heavy atom. The monoisotopic (exact) mass is 672 g/mol. The summed E-state index contributed by atoms with van der Waals surface area (Å²) in [7, 11) is 1.89. The number of anilines is 1. The minimum atomic E-state index is -0.969. The van der Waals surface area contributed by atoms with E-state index in [1.807, 2.05) is 95.2 Å². The lowest BCUT2D eigenvalue weighted by atomic mass is 9.98. The van der Waals surface area contributed by atoms with Crippen molar-refractivity contribution in [2.75, 3.05) is 31.7 Å². The molecular weight excluding hydrogens is 632 g/mol. The van der Waals surface area contributed by atoms with Crippen LogP contribution in [0, 0.1) is 0 Å². The predicted molar refractivity (Wildman–Crippen MR) is 194 cm³/mol. The molecule has 2 aromatic heterocycles. The summed E-state index contributed by atoms with van der Waals surface area (Å²) < 4.78 is 22.3. The molecule has 10 heteroatoms. The van der Waals surface area contributed by atoms with Crippen molar-refractivity contribution in [2.45, 2.75) is 32.6 Å². The minimum absolute atomic E-state index is 0.0503. The summed E-state index contributed by atoms with van der Waals surface area (Å²) in [4.78, 5) is 13.0. The molecule has 0 unspecified atom stereocenters. The number of rotatable bonds is 12. The zero-order valence-electron chi connectivity index (χ0n) is 28.0. The summed E-state index contributed by atoms with van der Waals surface area (Å²) >= 11 is 0. The molecular formula is C40H40N4O6. The van der Waals surface area contributed by atoms with Crippen molar-refractivity contribution in [2.24, 2.45) is 7.05 Å². The van der Waals surface area contributed by atoms with Gasteiger partial charge in [0, 0.05) is 47.7 Å². The fourth-order valence-corrected chi connectivity index (χ4v) is 6.80. The highest BCUT2D eigenvalue weighted by Crippen LogP contribution is 2.39. The van der Waals surface area contributed by atoms with E-state index in [0.29, 0.717) is 51.5 Å². The van der Waals surface area contributed by atoms with Crippen LogP contribution in [0.3, 0.4) is 0 Å². The maximum absolute atomic E-state index is 13.0. The highest BCUT2D eigenvalue weighted by Gasteiger charge is 2.27. The highest BCUT2D eigenvalue weighted by molar-refractivity contribution is 6.04. The fraction of sp³-hybridized carbons (Fsp3) is 0.250. The number of aliphatic hydroxyl groups excluding tert-OH is 1. The Kier molecular flexibility index (Phi) is 9.82. The lowest BCUT2D eigenvalue weighted by molar-refractivity contribution is 0.0685. The second kappa shape index (κ2) is 14.9. The van der Waals surface area contributed by atoms with Crippen LogP contribution in [-0.2, 0) is 38.0 Å². The number of carbonyl (C=O) groups is 1. The minimum Gasteiger partial charge on any atom is -0.493 e. The van der Waals surface area contributed by atoms with Gasteiger partial charge in [-0.3, -0.25) is 4.68 Å². The van der Waals surface area contributed by atoms with Gasteiger partial charge in [0.2, 0.25) is 0 Å². The number of allylic oxidation sites excluding steroid dienone is 1. The van der Waals surface area contributed by atoms with Crippen LogP contribution in [0.2, 0.25) is 0 Å². The van der Waals surface area contributed by atoms with Gasteiger partial charge in [0.1, 0.15) is 29.5 Å². The number of benzene rings is 4. The molecule has 0 atom stereocenters. The molecule has 0 radical (unpaired) electrons. The van der Waals surface area contributed by atoms with Crippen molar-refractivity contribution in [3.05, 3.63) is 120 Å². The average Bonchev–Trinajstić information content (AvgIpc) is 3.62. The van der Waals surface area contributed by atoms with Crippen molar-refractivity contribution >= 4 is 33.3 Å². The maximum atomic E-state index is 13.0. The van der Waals surface area contributed by atoms with Crippen LogP contribution in [0.15, 0.2) is 97.1 Å². The fourth-order valence-electron chi connectivity index (χ4n) is 6.80. The summed E-state index contributed by atoms with van der Waals surface area (Å²) in [6.07, 6.45) is 5.07. The average molecular weight is 673 g/mol. The predicted octanol–water partition coefficient (Wildman–Crippen LogP) is 6.97. The number of para-hydroxylation sites is 1. The van der Waals surface area contributed by atoms with Gasteiger partial charge in [-0.1, -0.05) is 66.7 Å². The second-order valence-electron chi connectivity index (χ2n) is 12.2. The summed E-state index contributed by atoms with van der Waals surface area (Å²) in [5, 5.41) is 30.9. The molecule has 0 aliphatic carbocycles. The Hall–Kier alpha value is -5.58. The third-order valence-electron chi connectivity index (χ3n) is 9.05. The quantitative estimate of drug-likeness (QED) is 0.0942. The van der Waals surface area contributed by atoms with Crippen molar-refractivity contribution in [3.8, 4) is 22.6 Å². The third kappa shape index (κ3) is 6.67. The number of ether oxygens (including phenoxy) is 3. The molecule has 10 nitrogen and oxygen atoms in total. The Labute approximate surface area is 290 Å². The van der Waals surface area contributed by atoms with E-state index in [-0.39, 0.29) is 18.9 Å². The summed E-state index contributed by atoms with van der Waals surface area (Å²) in [5.41, 5.74) is 6.16. The van der Waals surface area contributed by atoms with E-state index in [9.17, 15) is 9.90 Å². The highest BCUT2D eigenvalue weighted by atomic mass is 16.5. The number of aromatic nitrogens is 3. The maximum Gasteiger partial charge on any atom is 0.352 e. The Bertz CT molecular complexity index is 2160. The van der Waals surface area contributed by atoms with Crippen LogP contribution in [0.4, 0.5) is 5.69 Å². The van der Waals surface area contributed by atoms with Crippen LogP contribution >= 0.6 is 0 Å². The second-order valence-corrected chi connectivity index (χ2v) is 12.2. The number of aliphatic hydroxyl groups is 1. The van der Waals surface area contributed by atoms with Gasteiger partial charge in [-0.2, -0.15) is 5.10 Å². The molecule has 256 valence electrons. The van der Waals surface area contributed by atoms with E-state index in [4.69, 9.17) is 24.4 Å². The number of aryl methyl sites for hydroxylation is 2. The molecule has 6 aromatic rings. The summed E-state index contributed by atoms with van der Waals surface area (Å²) in [5.74, 6) is 0.531. The lowest BCUT2D eigenvalue weighted by Crippen LogP contribution is -2.11. The first-order valence-corrected chi connectivity index (χ1v) is 16.9. The number of fused-ring (bicyclic) bond motifs is 3. The summed E-state index contributed by atoms with van der Waals surface area (Å²) in [6, 6.07) is 27.8. The van der Waals surface area contributed by atoms with Gasteiger partial charge < -0.3 is 34.3 Å². The van der Waals surface area contributed by atoms with Crippen LogP contribution in [0.25, 0.3) is 32.8 Å². The normalized spacial score (nSPS) is 13.5. The molecule has 4 aromatic carbocycles. The number of carboxylic acids is 1. The van der Waals surface area contributed by atoms with Crippen LogP contribution in [-0.4, -0.2) is 56.9 Å². The van der Waals surface area contributed by atoms with Gasteiger partial charge in [0.05, 0.1) is 37.6 Å². The van der Waals surface area contributed by atoms with Crippen molar-refractivity contribution in [1.29, 1.82) is 0 Å². The molecule has 0 saturated heterocycles. The van der Waals surface area contributed by atoms with Crippen molar-refractivity contribution in [1.82, 2.24) is 14.3 Å². The zero-order chi connectivity index (χ0) is 34.5. The van der Waals surface area contributed by atoms with Gasteiger partial charge in [-0.25, -0.2) is 4.79 Å². The number of nitrogens with zero attached hydrogens (tertiary/aromatic N) is 3. The largest absolute Gasteiger partial charge is 0.493 e. The Morgan fingerprint density at radius 1 is 0.960 bits per heavy atom. The molecule has 0 saturated carbocycles. The molecule has 0 spiro atoms. The van der Waals surface area contributed by atoms with Gasteiger partial charge in [-0.05, 0) is 54.1 Å². The van der Waals surface area contributed by atoms with E-state index < -0.39 is 5.97 Å². The topological polar surface area (TPSA) is 120 Å². The molecule has 0 fully saturated rings. The third-order valence-corrected chi connectivity index (χ3v) is 9.05. The van der Waals surface area contributed by atoms with Crippen LogP contribution in [0.5, 0.6) is 11.5 Å². The smallest absolute Gasteiger partial charge is 0.352 e. The van der Waals surface area contributed by atoms with Crippen molar-refractivity contribution in [3.63, 3.8) is 0 Å². The lowest BCUT2D eigenvalue weighted by Gasteiger charge is -2.13. The number of hydrogen-bond donors (Lipinski definition) is 3. The number of hydrogen-bond acceptors (Lipinski definition) is 7. The van der Waals surface area contributed by atoms with Gasteiger partial charge in [-0.15, -0.1) is 0 Å². The van der Waals surface area contributed by atoms with Gasteiger partial charge in [0.15, 0.2) is 0 Å². The molecule has 0 amide bonds.